The van der Waals surface area contributed by atoms with Gasteiger partial charge in [0.15, 0.2) is 0 Å². The number of anilines is 5. The highest BCUT2D eigenvalue weighted by Crippen LogP contribution is 2.27. The normalized spacial score (nSPS) is 10.5. The van der Waals surface area contributed by atoms with E-state index in [1.165, 1.54) is 12.3 Å². The first-order valence-corrected chi connectivity index (χ1v) is 11.8. The standard InChI is InChI=1S/C29H28N4O3/c1-2-3-19-33(24-11-5-4-6-12-24)25-16-14-22(15-17-25)32-28(34)21-9-7-10-23(20-21)31-27-26(29(35)36)13-8-18-30-27/h4-18,20H,2-3,19H2,1H3,(H,30,31)(H,32,34)(H,35,36). The second kappa shape index (κ2) is 11.7. The monoisotopic (exact) mass is 480 g/mol. The minimum atomic E-state index is -1.08. The highest BCUT2D eigenvalue weighted by molar-refractivity contribution is 6.05. The Bertz CT molecular complexity index is 1320. The second-order valence-electron chi connectivity index (χ2n) is 8.25. The molecule has 0 saturated carbocycles. The van der Waals surface area contributed by atoms with Crippen molar-refractivity contribution in [2.24, 2.45) is 0 Å². The minimum absolute atomic E-state index is 0.0518. The van der Waals surface area contributed by atoms with Crippen LogP contribution in [0.25, 0.3) is 0 Å². The molecule has 7 heteroatoms. The fourth-order valence-electron chi connectivity index (χ4n) is 3.81. The van der Waals surface area contributed by atoms with Gasteiger partial charge in [-0.3, -0.25) is 4.79 Å². The van der Waals surface area contributed by atoms with E-state index in [0.29, 0.717) is 16.9 Å². The van der Waals surface area contributed by atoms with Gasteiger partial charge >= 0.3 is 5.97 Å². The third-order valence-corrected chi connectivity index (χ3v) is 5.67. The number of pyridine rings is 1. The number of carbonyl (C=O) groups is 2. The Morgan fingerprint density at radius 1 is 0.861 bits per heavy atom. The van der Waals surface area contributed by atoms with E-state index >= 15 is 0 Å². The predicted octanol–water partition coefficient (Wildman–Crippen LogP) is 6.71. The Kier molecular flexibility index (Phi) is 7.93. The van der Waals surface area contributed by atoms with E-state index < -0.39 is 5.97 Å². The molecular formula is C29H28N4O3. The van der Waals surface area contributed by atoms with Gasteiger partial charge in [-0.1, -0.05) is 37.6 Å². The summed E-state index contributed by atoms with van der Waals surface area (Å²) in [5.74, 6) is -1.13. The summed E-state index contributed by atoms with van der Waals surface area (Å²) < 4.78 is 0. The average molecular weight is 481 g/mol. The summed E-state index contributed by atoms with van der Waals surface area (Å²) >= 11 is 0. The lowest BCUT2D eigenvalue weighted by atomic mass is 10.1. The zero-order valence-electron chi connectivity index (χ0n) is 20.0. The maximum absolute atomic E-state index is 12.9. The van der Waals surface area contributed by atoms with Gasteiger partial charge in [0, 0.05) is 41.1 Å². The Morgan fingerprint density at radius 2 is 1.61 bits per heavy atom. The summed E-state index contributed by atoms with van der Waals surface area (Å²) in [7, 11) is 0. The van der Waals surface area contributed by atoms with Crippen molar-refractivity contribution in [1.82, 2.24) is 4.98 Å². The van der Waals surface area contributed by atoms with Crippen LogP contribution in [0, 0.1) is 0 Å². The predicted molar refractivity (Wildman–Crippen MR) is 144 cm³/mol. The number of carboxylic acids is 1. The van der Waals surface area contributed by atoms with Gasteiger partial charge in [-0.2, -0.15) is 0 Å². The van der Waals surface area contributed by atoms with Gasteiger partial charge in [0.25, 0.3) is 5.91 Å². The van der Waals surface area contributed by atoms with Gasteiger partial charge in [-0.15, -0.1) is 0 Å². The van der Waals surface area contributed by atoms with Crippen LogP contribution >= 0.6 is 0 Å². The lowest BCUT2D eigenvalue weighted by Gasteiger charge is -2.25. The average Bonchev–Trinajstić information content (AvgIpc) is 2.91. The number of unbranched alkanes of at least 4 members (excludes halogenated alkanes) is 1. The number of aromatic carboxylic acids is 1. The number of para-hydroxylation sites is 1. The number of hydrogen-bond donors (Lipinski definition) is 3. The van der Waals surface area contributed by atoms with Crippen LogP contribution in [0.15, 0.2) is 97.2 Å². The van der Waals surface area contributed by atoms with Crippen LogP contribution in [-0.4, -0.2) is 28.5 Å². The smallest absolute Gasteiger partial charge is 0.339 e. The number of aromatic nitrogens is 1. The van der Waals surface area contributed by atoms with Crippen LogP contribution in [0.1, 0.15) is 40.5 Å². The molecule has 36 heavy (non-hydrogen) atoms. The molecule has 1 amide bonds. The first-order chi connectivity index (χ1) is 17.5. The van der Waals surface area contributed by atoms with Crippen molar-refractivity contribution in [1.29, 1.82) is 0 Å². The summed E-state index contributed by atoms with van der Waals surface area (Å²) in [4.78, 5) is 30.7. The molecule has 3 aromatic carbocycles. The van der Waals surface area contributed by atoms with Crippen molar-refractivity contribution in [3.05, 3.63) is 108 Å². The number of nitrogens with one attached hydrogen (secondary N) is 2. The summed E-state index contributed by atoms with van der Waals surface area (Å²) in [5.41, 5.74) is 3.92. The van der Waals surface area contributed by atoms with E-state index in [-0.39, 0.29) is 17.3 Å². The number of rotatable bonds is 10. The SMILES string of the molecule is CCCCN(c1ccccc1)c1ccc(NC(=O)c2cccc(Nc3ncccc3C(=O)O)c2)cc1. The topological polar surface area (TPSA) is 94.6 Å². The number of hydrogen-bond acceptors (Lipinski definition) is 5. The maximum atomic E-state index is 12.9. The molecular weight excluding hydrogens is 452 g/mol. The van der Waals surface area contributed by atoms with Crippen molar-refractivity contribution in [2.45, 2.75) is 19.8 Å². The molecule has 0 unspecified atom stereocenters. The van der Waals surface area contributed by atoms with Crippen molar-refractivity contribution in [2.75, 3.05) is 22.1 Å². The van der Waals surface area contributed by atoms with E-state index in [2.05, 4.69) is 39.6 Å². The Balaban J connectivity index is 1.47. The number of amides is 1. The van der Waals surface area contributed by atoms with Gasteiger partial charge in [0.05, 0.1) is 0 Å². The third-order valence-electron chi connectivity index (χ3n) is 5.67. The summed E-state index contributed by atoms with van der Waals surface area (Å²) in [6.45, 7) is 3.08. The van der Waals surface area contributed by atoms with Crippen LogP contribution in [0.2, 0.25) is 0 Å². The fraction of sp³-hybridized carbons (Fsp3) is 0.138. The quantitative estimate of drug-likeness (QED) is 0.233. The molecule has 0 spiro atoms. The van der Waals surface area contributed by atoms with Crippen molar-refractivity contribution in [3.8, 4) is 0 Å². The van der Waals surface area contributed by atoms with Crippen LogP contribution in [0.4, 0.5) is 28.6 Å². The Labute approximate surface area is 210 Å². The first kappa shape index (κ1) is 24.5. The molecule has 0 bridgehead atoms. The van der Waals surface area contributed by atoms with E-state index in [9.17, 15) is 14.7 Å². The second-order valence-corrected chi connectivity index (χ2v) is 8.25. The molecule has 182 valence electrons. The lowest BCUT2D eigenvalue weighted by Crippen LogP contribution is -2.18. The summed E-state index contributed by atoms with van der Waals surface area (Å²) in [6.07, 6.45) is 3.68. The van der Waals surface area contributed by atoms with Gasteiger partial charge < -0.3 is 20.6 Å². The first-order valence-electron chi connectivity index (χ1n) is 11.8. The highest BCUT2D eigenvalue weighted by Gasteiger charge is 2.13. The Hall–Kier alpha value is -4.65. The molecule has 4 aromatic rings. The van der Waals surface area contributed by atoms with Crippen LogP contribution in [-0.2, 0) is 0 Å². The van der Waals surface area contributed by atoms with Crippen molar-refractivity contribution >= 4 is 40.4 Å². The molecule has 0 aliphatic carbocycles. The lowest BCUT2D eigenvalue weighted by molar-refractivity contribution is 0.0697. The number of benzene rings is 3. The van der Waals surface area contributed by atoms with Gasteiger partial charge in [0.1, 0.15) is 11.4 Å². The number of carbonyl (C=O) groups excluding carboxylic acids is 1. The molecule has 1 aromatic heterocycles. The molecule has 7 nitrogen and oxygen atoms in total. The van der Waals surface area contributed by atoms with Crippen LogP contribution in [0.5, 0.6) is 0 Å². The van der Waals surface area contributed by atoms with E-state index in [1.54, 1.807) is 30.3 Å². The third kappa shape index (κ3) is 6.07. The van der Waals surface area contributed by atoms with Gasteiger partial charge in [-0.05, 0) is 73.2 Å². The molecule has 0 saturated heterocycles. The van der Waals surface area contributed by atoms with Crippen LogP contribution in [0.3, 0.4) is 0 Å². The molecule has 0 aliphatic heterocycles. The summed E-state index contributed by atoms with van der Waals surface area (Å²) in [5, 5.41) is 15.3. The molecule has 3 N–H and O–H groups in total. The maximum Gasteiger partial charge on any atom is 0.339 e. The highest BCUT2D eigenvalue weighted by atomic mass is 16.4. The zero-order chi connectivity index (χ0) is 25.3. The Morgan fingerprint density at radius 3 is 2.33 bits per heavy atom. The van der Waals surface area contributed by atoms with Crippen molar-refractivity contribution in [3.63, 3.8) is 0 Å². The van der Waals surface area contributed by atoms with E-state index in [0.717, 1.165) is 30.8 Å². The molecule has 0 fully saturated rings. The van der Waals surface area contributed by atoms with E-state index in [4.69, 9.17) is 0 Å². The molecule has 4 rings (SSSR count). The molecule has 0 atom stereocenters. The summed E-state index contributed by atoms with van der Waals surface area (Å²) in [6, 6.07) is 27.9. The van der Waals surface area contributed by atoms with Gasteiger partial charge in [0.2, 0.25) is 0 Å². The van der Waals surface area contributed by atoms with E-state index in [1.807, 2.05) is 42.5 Å². The number of nitrogens with zero attached hydrogens (tertiary/aromatic N) is 2. The van der Waals surface area contributed by atoms with Crippen molar-refractivity contribution < 1.29 is 14.7 Å². The molecule has 0 aliphatic rings. The molecule has 0 radical (unpaired) electrons. The largest absolute Gasteiger partial charge is 0.478 e. The van der Waals surface area contributed by atoms with Gasteiger partial charge in [-0.25, -0.2) is 9.78 Å². The van der Waals surface area contributed by atoms with Crippen LogP contribution < -0.4 is 15.5 Å². The number of carboxylic acid groups (broad SMARTS) is 1. The molecule has 1 heterocycles. The minimum Gasteiger partial charge on any atom is -0.478 e. The fourth-order valence-corrected chi connectivity index (χ4v) is 3.81. The zero-order valence-corrected chi connectivity index (χ0v) is 20.0.